The number of hydrogen-bond acceptors (Lipinski definition) is 3. The number of benzene rings is 4. The topological polar surface area (TPSA) is 32.7 Å². The van der Waals surface area contributed by atoms with Crippen LogP contribution >= 0.6 is 0 Å². The molecule has 0 saturated carbocycles. The molecule has 0 bridgehead atoms. The predicted molar refractivity (Wildman–Crippen MR) is 141 cm³/mol. The number of rotatable bonds is 9. The molecule has 1 N–H and O–H groups in total. The quantitative estimate of drug-likeness (QED) is 0.202. The Morgan fingerprint density at radius 2 is 1.46 bits per heavy atom. The van der Waals surface area contributed by atoms with Crippen LogP contribution in [0.3, 0.4) is 0 Å². The van der Waals surface area contributed by atoms with Crippen molar-refractivity contribution in [3.05, 3.63) is 125 Å². The molecule has 0 heterocycles. The fraction of sp³-hybridized carbons (Fsp3) is 0.226. The molecule has 0 aliphatic rings. The van der Waals surface area contributed by atoms with Crippen molar-refractivity contribution in [2.24, 2.45) is 0 Å². The van der Waals surface area contributed by atoms with E-state index in [9.17, 15) is 35.8 Å². The van der Waals surface area contributed by atoms with E-state index in [4.69, 9.17) is 4.74 Å². The first-order valence-electron chi connectivity index (χ1n) is 12.7. The van der Waals surface area contributed by atoms with Gasteiger partial charge in [-0.05, 0) is 60.0 Å². The zero-order chi connectivity index (χ0) is 29.8. The number of anilines is 1. The fourth-order valence-electron chi connectivity index (χ4n) is 4.38. The molecule has 4 aromatic carbocycles. The van der Waals surface area contributed by atoms with Crippen LogP contribution in [-0.2, 0) is 25.3 Å². The van der Waals surface area contributed by atoms with Crippen molar-refractivity contribution in [1.29, 1.82) is 0 Å². The second-order valence-corrected chi connectivity index (χ2v) is 9.39. The van der Waals surface area contributed by atoms with Crippen LogP contribution < -0.4 is 9.64 Å². The Bertz CT molecular complexity index is 1480. The van der Waals surface area contributed by atoms with Crippen molar-refractivity contribution in [1.82, 2.24) is 0 Å². The van der Waals surface area contributed by atoms with Crippen molar-refractivity contribution in [2.45, 2.75) is 38.3 Å². The molecular weight excluding hydrogens is 551 g/mol. The highest BCUT2D eigenvalue weighted by molar-refractivity contribution is 5.53. The number of ether oxygens (including phenoxy) is 1. The average Bonchev–Trinajstić information content (AvgIpc) is 2.93. The maximum absolute atomic E-state index is 14.8. The summed E-state index contributed by atoms with van der Waals surface area (Å²) in [6.45, 7) is 1.21. The summed E-state index contributed by atoms with van der Waals surface area (Å²) in [7, 11) is 0. The molecule has 0 aliphatic carbocycles. The molecule has 0 spiro atoms. The summed E-state index contributed by atoms with van der Waals surface area (Å²) >= 11 is 0. The summed E-state index contributed by atoms with van der Waals surface area (Å²) in [5.74, 6) is -0.237. The average molecular weight is 578 g/mol. The number of hydrogen-bond donors (Lipinski definition) is 1. The number of aryl methyl sites for hydroxylation is 1. The van der Waals surface area contributed by atoms with E-state index in [1.807, 2.05) is 25.1 Å². The molecule has 0 amide bonds. The van der Waals surface area contributed by atoms with Crippen molar-refractivity contribution >= 4 is 5.69 Å². The van der Waals surface area contributed by atoms with Gasteiger partial charge in [-0.15, -0.1) is 0 Å². The first kappa shape index (κ1) is 29.9. The molecule has 1 unspecified atom stereocenters. The van der Waals surface area contributed by atoms with E-state index in [-0.39, 0.29) is 17.7 Å². The Labute approximate surface area is 232 Å². The smallest absolute Gasteiger partial charge is 0.416 e. The van der Waals surface area contributed by atoms with Crippen LogP contribution in [0.15, 0.2) is 91.0 Å². The van der Waals surface area contributed by atoms with E-state index in [1.165, 1.54) is 17.0 Å². The molecule has 41 heavy (non-hydrogen) atoms. The van der Waals surface area contributed by atoms with Crippen LogP contribution in [0.1, 0.15) is 40.8 Å². The van der Waals surface area contributed by atoms with Crippen molar-refractivity contribution < 1.29 is 40.6 Å². The summed E-state index contributed by atoms with van der Waals surface area (Å²) in [5, 5.41) is 10.9. The molecule has 4 aromatic rings. The maximum atomic E-state index is 14.8. The highest BCUT2D eigenvalue weighted by Gasteiger charge is 2.35. The Hall–Kier alpha value is -4.05. The van der Waals surface area contributed by atoms with Crippen LogP contribution in [0.2, 0.25) is 0 Å². The molecule has 4 rings (SSSR count). The summed E-state index contributed by atoms with van der Waals surface area (Å²) in [6, 6.07) is 20.4. The van der Waals surface area contributed by atoms with E-state index in [2.05, 4.69) is 0 Å². The van der Waals surface area contributed by atoms with E-state index in [1.54, 1.807) is 30.3 Å². The van der Waals surface area contributed by atoms with Gasteiger partial charge in [0.1, 0.15) is 17.3 Å². The molecule has 216 valence electrons. The van der Waals surface area contributed by atoms with Gasteiger partial charge >= 0.3 is 12.4 Å². The largest absolute Gasteiger partial charge is 0.457 e. The van der Waals surface area contributed by atoms with Gasteiger partial charge in [0.2, 0.25) is 0 Å². The van der Waals surface area contributed by atoms with Gasteiger partial charge in [0, 0.05) is 30.4 Å². The van der Waals surface area contributed by atoms with Crippen LogP contribution in [0.25, 0.3) is 0 Å². The minimum Gasteiger partial charge on any atom is -0.457 e. The normalized spacial score (nSPS) is 12.7. The highest BCUT2D eigenvalue weighted by atomic mass is 19.4. The summed E-state index contributed by atoms with van der Waals surface area (Å²) < 4.78 is 101. The number of aliphatic hydroxyl groups excluding tert-OH is 1. The zero-order valence-electron chi connectivity index (χ0n) is 21.8. The summed E-state index contributed by atoms with van der Waals surface area (Å²) in [4.78, 5) is 1.39. The monoisotopic (exact) mass is 577 g/mol. The van der Waals surface area contributed by atoms with Gasteiger partial charge in [0.15, 0.2) is 0 Å². The van der Waals surface area contributed by atoms with Crippen LogP contribution in [-0.4, -0.2) is 11.7 Å². The van der Waals surface area contributed by atoms with Crippen molar-refractivity contribution in [3.63, 3.8) is 0 Å². The minimum absolute atomic E-state index is 0.142. The zero-order valence-corrected chi connectivity index (χ0v) is 21.8. The SMILES string of the molecule is CCc1cccc(Oc2cccc(N(Cc3ccc(C(F)(F)F)cc3F)CC(O)c3ccccc3C(F)(F)F)c2)c1. The van der Waals surface area contributed by atoms with E-state index >= 15 is 0 Å². The second kappa shape index (κ2) is 12.2. The summed E-state index contributed by atoms with van der Waals surface area (Å²) in [6.07, 6.45) is -10.4. The van der Waals surface area contributed by atoms with Gasteiger partial charge < -0.3 is 14.7 Å². The van der Waals surface area contributed by atoms with Crippen LogP contribution in [0.5, 0.6) is 11.5 Å². The maximum Gasteiger partial charge on any atom is 0.416 e. The van der Waals surface area contributed by atoms with E-state index in [0.29, 0.717) is 23.3 Å². The highest BCUT2D eigenvalue weighted by Crippen LogP contribution is 2.36. The first-order chi connectivity index (χ1) is 19.3. The molecule has 10 heteroatoms. The van der Waals surface area contributed by atoms with Gasteiger partial charge in [0.25, 0.3) is 0 Å². The van der Waals surface area contributed by atoms with Crippen LogP contribution in [0, 0.1) is 5.82 Å². The van der Waals surface area contributed by atoms with Gasteiger partial charge in [-0.25, -0.2) is 4.39 Å². The number of nitrogens with zero attached hydrogens (tertiary/aromatic N) is 1. The second-order valence-electron chi connectivity index (χ2n) is 9.39. The van der Waals surface area contributed by atoms with Crippen molar-refractivity contribution in [2.75, 3.05) is 11.4 Å². The third-order valence-electron chi connectivity index (χ3n) is 6.49. The Morgan fingerprint density at radius 1 is 0.780 bits per heavy atom. The number of halogens is 7. The Balaban J connectivity index is 1.69. The molecule has 0 aromatic heterocycles. The van der Waals surface area contributed by atoms with E-state index in [0.717, 1.165) is 36.2 Å². The van der Waals surface area contributed by atoms with E-state index < -0.39 is 41.9 Å². The lowest BCUT2D eigenvalue weighted by Gasteiger charge is -2.29. The number of aliphatic hydroxyl groups is 1. The van der Waals surface area contributed by atoms with Gasteiger partial charge in [-0.2, -0.15) is 26.3 Å². The third kappa shape index (κ3) is 7.58. The fourth-order valence-corrected chi connectivity index (χ4v) is 4.38. The lowest BCUT2D eigenvalue weighted by molar-refractivity contribution is -0.139. The van der Waals surface area contributed by atoms with Crippen molar-refractivity contribution in [3.8, 4) is 11.5 Å². The molecule has 0 radical (unpaired) electrons. The third-order valence-corrected chi connectivity index (χ3v) is 6.49. The van der Waals surface area contributed by atoms with Gasteiger partial charge in [0.05, 0.1) is 17.2 Å². The molecular formula is C31H26F7NO2. The number of alkyl halides is 6. The molecule has 0 saturated heterocycles. The standard InChI is InChI=1S/C31H26F7NO2/c1-2-20-7-5-9-24(15-20)41-25-10-6-8-23(17-25)39(18-21-13-14-22(16-28(21)32)30(33,34)35)19-29(40)26-11-3-4-12-27(26)31(36,37)38/h3-17,29,40H,2,18-19H2,1H3. The molecule has 1 atom stereocenters. The molecule has 0 fully saturated rings. The van der Waals surface area contributed by atoms with Gasteiger partial charge in [-0.3, -0.25) is 0 Å². The first-order valence-corrected chi connectivity index (χ1v) is 12.7. The molecule has 3 nitrogen and oxygen atoms in total. The summed E-state index contributed by atoms with van der Waals surface area (Å²) in [5.41, 5.74) is -1.35. The van der Waals surface area contributed by atoms with Gasteiger partial charge in [-0.1, -0.05) is 49.4 Å². The minimum atomic E-state index is -4.75. The predicted octanol–water partition coefficient (Wildman–Crippen LogP) is 8.96. The lowest BCUT2D eigenvalue weighted by Crippen LogP contribution is -2.29. The lowest BCUT2D eigenvalue weighted by atomic mass is 10.0. The Morgan fingerprint density at radius 3 is 2.12 bits per heavy atom. The molecule has 0 aliphatic heterocycles. The van der Waals surface area contributed by atoms with Crippen LogP contribution in [0.4, 0.5) is 36.4 Å². The Kier molecular flexibility index (Phi) is 8.92.